The van der Waals surface area contributed by atoms with Crippen molar-refractivity contribution in [2.24, 2.45) is 0 Å². The Bertz CT molecular complexity index is 1160. The topological polar surface area (TPSA) is 134 Å². The maximum atomic E-state index is 12.7. The standard InChI is InChI=1S/C26H24O8/c1-13-19(27)9-15(10-20(13)28)25(31)33-23-7-8-24(18-6-4-3-5-17(18)23)34-26(32)16-11-21(29)14(2)22(30)12-16/h7-12,27-30H,3-6H2,1-2H3. The number of carbonyl (C=O) groups is 2. The first-order chi connectivity index (χ1) is 16.2. The van der Waals surface area contributed by atoms with Gasteiger partial charge in [0.05, 0.1) is 11.1 Å². The van der Waals surface area contributed by atoms with E-state index in [-0.39, 0.29) is 45.3 Å². The molecule has 176 valence electrons. The van der Waals surface area contributed by atoms with Crippen molar-refractivity contribution >= 4 is 11.9 Å². The molecule has 0 aliphatic heterocycles. The third-order valence-electron chi connectivity index (χ3n) is 6.03. The van der Waals surface area contributed by atoms with Gasteiger partial charge in [0, 0.05) is 22.3 Å². The fourth-order valence-electron chi connectivity index (χ4n) is 3.91. The second-order valence-electron chi connectivity index (χ2n) is 8.28. The molecule has 0 aromatic heterocycles. The van der Waals surface area contributed by atoms with Crippen molar-refractivity contribution in [3.8, 4) is 34.5 Å². The molecule has 1 aliphatic rings. The fraction of sp³-hybridized carbons (Fsp3) is 0.231. The summed E-state index contributed by atoms with van der Waals surface area (Å²) in [5, 5.41) is 39.6. The summed E-state index contributed by atoms with van der Waals surface area (Å²) in [5.41, 5.74) is 1.99. The number of ether oxygens (including phenoxy) is 2. The number of aromatic hydroxyl groups is 4. The molecule has 0 bridgehead atoms. The number of hydrogen-bond acceptors (Lipinski definition) is 8. The minimum absolute atomic E-state index is 0.000324. The molecule has 0 amide bonds. The number of fused-ring (bicyclic) bond motifs is 1. The van der Waals surface area contributed by atoms with E-state index < -0.39 is 11.9 Å². The van der Waals surface area contributed by atoms with Gasteiger partial charge < -0.3 is 29.9 Å². The Labute approximate surface area is 195 Å². The van der Waals surface area contributed by atoms with Crippen molar-refractivity contribution in [2.45, 2.75) is 39.5 Å². The third-order valence-corrected chi connectivity index (χ3v) is 6.03. The summed E-state index contributed by atoms with van der Waals surface area (Å²) in [7, 11) is 0. The van der Waals surface area contributed by atoms with Crippen LogP contribution in [-0.2, 0) is 12.8 Å². The van der Waals surface area contributed by atoms with E-state index in [1.807, 2.05) is 0 Å². The van der Waals surface area contributed by atoms with Crippen molar-refractivity contribution in [3.63, 3.8) is 0 Å². The van der Waals surface area contributed by atoms with Crippen LogP contribution in [0.25, 0.3) is 0 Å². The van der Waals surface area contributed by atoms with Gasteiger partial charge in [0.25, 0.3) is 0 Å². The molecule has 4 rings (SSSR count). The molecule has 0 spiro atoms. The predicted molar refractivity (Wildman–Crippen MR) is 122 cm³/mol. The predicted octanol–water partition coefficient (Wildman–Crippen LogP) is 4.44. The lowest BCUT2D eigenvalue weighted by Gasteiger charge is -2.22. The van der Waals surface area contributed by atoms with Crippen molar-refractivity contribution in [2.75, 3.05) is 0 Å². The van der Waals surface area contributed by atoms with Crippen molar-refractivity contribution in [1.82, 2.24) is 0 Å². The van der Waals surface area contributed by atoms with E-state index in [2.05, 4.69) is 0 Å². The van der Waals surface area contributed by atoms with Gasteiger partial charge in [0.2, 0.25) is 0 Å². The van der Waals surface area contributed by atoms with Crippen LogP contribution in [0.2, 0.25) is 0 Å². The summed E-state index contributed by atoms with van der Waals surface area (Å²) in [6.45, 7) is 3.05. The number of phenolic OH excluding ortho intramolecular Hbond substituents is 4. The SMILES string of the molecule is Cc1c(O)cc(C(=O)Oc2ccc(OC(=O)c3cc(O)c(C)c(O)c3)c3c2CCCC3)cc1O. The highest BCUT2D eigenvalue weighted by atomic mass is 16.5. The molecule has 0 atom stereocenters. The maximum Gasteiger partial charge on any atom is 0.343 e. The molecular weight excluding hydrogens is 440 g/mol. The minimum atomic E-state index is -0.742. The van der Waals surface area contributed by atoms with Gasteiger partial charge in [-0.25, -0.2) is 9.59 Å². The third kappa shape index (κ3) is 4.34. The van der Waals surface area contributed by atoms with Crippen LogP contribution >= 0.6 is 0 Å². The van der Waals surface area contributed by atoms with Gasteiger partial charge >= 0.3 is 11.9 Å². The zero-order valence-electron chi connectivity index (χ0n) is 18.7. The zero-order valence-corrected chi connectivity index (χ0v) is 18.7. The van der Waals surface area contributed by atoms with Crippen LogP contribution in [-0.4, -0.2) is 32.4 Å². The summed E-state index contributed by atoms with van der Waals surface area (Å²) < 4.78 is 11.1. The Morgan fingerprint density at radius 3 is 1.29 bits per heavy atom. The zero-order chi connectivity index (χ0) is 24.6. The van der Waals surface area contributed by atoms with Crippen LogP contribution in [0.5, 0.6) is 34.5 Å². The van der Waals surface area contributed by atoms with Gasteiger partial charge in [0.1, 0.15) is 34.5 Å². The molecule has 0 heterocycles. The lowest BCUT2D eigenvalue weighted by atomic mass is 9.90. The van der Waals surface area contributed by atoms with Crippen molar-refractivity contribution in [1.29, 1.82) is 0 Å². The average molecular weight is 464 g/mol. The minimum Gasteiger partial charge on any atom is -0.508 e. The van der Waals surface area contributed by atoms with E-state index in [0.717, 1.165) is 24.0 Å². The number of hydrogen-bond donors (Lipinski definition) is 4. The number of benzene rings is 3. The normalized spacial score (nSPS) is 12.6. The molecule has 0 radical (unpaired) electrons. The van der Waals surface area contributed by atoms with E-state index in [4.69, 9.17) is 9.47 Å². The molecule has 4 N–H and O–H groups in total. The number of phenols is 4. The van der Waals surface area contributed by atoms with Crippen LogP contribution in [0.4, 0.5) is 0 Å². The van der Waals surface area contributed by atoms with Crippen molar-refractivity contribution in [3.05, 3.63) is 69.8 Å². The molecule has 1 aliphatic carbocycles. The monoisotopic (exact) mass is 464 g/mol. The molecule has 0 saturated carbocycles. The van der Waals surface area contributed by atoms with Crippen LogP contribution in [0.3, 0.4) is 0 Å². The van der Waals surface area contributed by atoms with E-state index in [1.165, 1.54) is 50.2 Å². The smallest absolute Gasteiger partial charge is 0.343 e. The fourth-order valence-corrected chi connectivity index (χ4v) is 3.91. The van der Waals surface area contributed by atoms with E-state index in [9.17, 15) is 30.0 Å². The van der Waals surface area contributed by atoms with E-state index in [0.29, 0.717) is 24.3 Å². The second-order valence-corrected chi connectivity index (χ2v) is 8.28. The van der Waals surface area contributed by atoms with Gasteiger partial charge in [-0.15, -0.1) is 0 Å². The average Bonchev–Trinajstić information content (AvgIpc) is 2.81. The van der Waals surface area contributed by atoms with Crippen LogP contribution in [0.1, 0.15) is 55.8 Å². The summed E-state index contributed by atoms with van der Waals surface area (Å²) in [5.74, 6) is -1.74. The quantitative estimate of drug-likeness (QED) is 0.329. The summed E-state index contributed by atoms with van der Waals surface area (Å²) in [6, 6.07) is 7.98. The van der Waals surface area contributed by atoms with Crippen LogP contribution < -0.4 is 9.47 Å². The molecular formula is C26H24O8. The second kappa shape index (κ2) is 8.97. The first-order valence-corrected chi connectivity index (χ1v) is 10.8. The van der Waals surface area contributed by atoms with E-state index in [1.54, 1.807) is 0 Å². The number of esters is 2. The highest BCUT2D eigenvalue weighted by Crippen LogP contribution is 2.38. The van der Waals surface area contributed by atoms with E-state index >= 15 is 0 Å². The van der Waals surface area contributed by atoms with Crippen LogP contribution in [0, 0.1) is 13.8 Å². The highest BCUT2D eigenvalue weighted by molar-refractivity contribution is 5.93. The summed E-state index contributed by atoms with van der Waals surface area (Å²) in [4.78, 5) is 25.4. The molecule has 0 fully saturated rings. The Morgan fingerprint density at radius 2 is 0.971 bits per heavy atom. The van der Waals surface area contributed by atoms with Gasteiger partial charge in [-0.1, -0.05) is 0 Å². The Hall–Kier alpha value is -4.20. The Morgan fingerprint density at radius 1 is 0.647 bits per heavy atom. The van der Waals surface area contributed by atoms with Gasteiger partial charge in [-0.05, 0) is 75.9 Å². The molecule has 8 heteroatoms. The molecule has 3 aromatic rings. The Kier molecular flexibility index (Phi) is 6.06. The molecule has 34 heavy (non-hydrogen) atoms. The first-order valence-electron chi connectivity index (χ1n) is 10.8. The van der Waals surface area contributed by atoms with Gasteiger partial charge in [-0.3, -0.25) is 0 Å². The maximum absolute atomic E-state index is 12.7. The Balaban J connectivity index is 1.62. The molecule has 0 saturated heterocycles. The number of rotatable bonds is 4. The summed E-state index contributed by atoms with van der Waals surface area (Å²) in [6.07, 6.45) is 2.95. The number of carbonyl (C=O) groups excluding carboxylic acids is 2. The highest BCUT2D eigenvalue weighted by Gasteiger charge is 2.24. The lowest BCUT2D eigenvalue weighted by molar-refractivity contribution is 0.0715. The molecule has 3 aromatic carbocycles. The molecule has 8 nitrogen and oxygen atoms in total. The van der Waals surface area contributed by atoms with Gasteiger partial charge in [-0.2, -0.15) is 0 Å². The lowest BCUT2D eigenvalue weighted by Crippen LogP contribution is -2.15. The molecule has 0 unspecified atom stereocenters. The largest absolute Gasteiger partial charge is 0.508 e. The van der Waals surface area contributed by atoms with Crippen LogP contribution in [0.15, 0.2) is 36.4 Å². The van der Waals surface area contributed by atoms with Gasteiger partial charge in [0.15, 0.2) is 0 Å². The van der Waals surface area contributed by atoms with Crippen molar-refractivity contribution < 1.29 is 39.5 Å². The first kappa shape index (κ1) is 23.0. The summed E-state index contributed by atoms with van der Waals surface area (Å²) >= 11 is 0.